The Morgan fingerprint density at radius 2 is 1.70 bits per heavy atom. The van der Waals surface area contributed by atoms with E-state index in [9.17, 15) is 19.5 Å². The zero-order chi connectivity index (χ0) is 16.9. The van der Waals surface area contributed by atoms with Crippen molar-refractivity contribution in [2.75, 3.05) is 32.7 Å². The molecular weight excluding hydrogens is 298 g/mol. The molecule has 3 amide bonds. The Morgan fingerprint density at radius 3 is 2.26 bits per heavy atom. The average molecular weight is 325 g/mol. The highest BCUT2D eigenvalue weighted by Gasteiger charge is 2.42. The summed E-state index contributed by atoms with van der Waals surface area (Å²) in [6.07, 6.45) is 5.23. The summed E-state index contributed by atoms with van der Waals surface area (Å²) in [5.41, 5.74) is -0.862. The molecule has 0 aromatic carbocycles. The molecule has 7 heteroatoms. The highest BCUT2D eigenvalue weighted by atomic mass is 16.4. The minimum atomic E-state index is -0.871. The number of rotatable bonds is 4. The number of hydrogen-bond donors (Lipinski definition) is 2. The molecule has 1 unspecified atom stereocenters. The second-order valence-corrected chi connectivity index (χ2v) is 6.81. The predicted octanol–water partition coefficient (Wildman–Crippen LogP) is 1.29. The molecule has 2 heterocycles. The molecule has 0 aromatic heterocycles. The van der Waals surface area contributed by atoms with E-state index in [2.05, 4.69) is 5.32 Å². The highest BCUT2D eigenvalue weighted by Crippen LogP contribution is 2.29. The molecule has 7 nitrogen and oxygen atoms in total. The van der Waals surface area contributed by atoms with Crippen molar-refractivity contribution in [3.05, 3.63) is 0 Å². The summed E-state index contributed by atoms with van der Waals surface area (Å²) >= 11 is 0. The molecule has 23 heavy (non-hydrogen) atoms. The Balaban J connectivity index is 1.70. The van der Waals surface area contributed by atoms with Gasteiger partial charge >= 0.3 is 12.0 Å². The van der Waals surface area contributed by atoms with Crippen LogP contribution in [0.4, 0.5) is 4.79 Å². The van der Waals surface area contributed by atoms with Crippen LogP contribution in [0.15, 0.2) is 0 Å². The molecule has 0 aromatic rings. The molecule has 2 fully saturated rings. The molecule has 2 aliphatic rings. The lowest BCUT2D eigenvalue weighted by Gasteiger charge is -2.22. The molecule has 2 N–H and O–H groups in total. The van der Waals surface area contributed by atoms with E-state index in [1.807, 2.05) is 4.90 Å². The zero-order valence-electron chi connectivity index (χ0n) is 13.8. The van der Waals surface area contributed by atoms with E-state index in [0.717, 1.165) is 25.9 Å². The molecule has 1 atom stereocenters. The number of likely N-dealkylation sites (tertiary alicyclic amines) is 2. The maximum absolute atomic E-state index is 12.1. The van der Waals surface area contributed by atoms with Gasteiger partial charge in [0.15, 0.2) is 0 Å². The number of aliphatic carboxylic acids is 1. The van der Waals surface area contributed by atoms with Crippen molar-refractivity contribution in [3.8, 4) is 0 Å². The maximum Gasteiger partial charge on any atom is 0.317 e. The summed E-state index contributed by atoms with van der Waals surface area (Å²) in [5, 5.41) is 11.9. The topological polar surface area (TPSA) is 90.0 Å². The normalized spacial score (nSPS) is 25.1. The molecule has 0 aliphatic carbocycles. The highest BCUT2D eigenvalue weighted by molar-refractivity contribution is 5.80. The third-order valence-corrected chi connectivity index (χ3v) is 4.85. The SMILES string of the molecule is CC1(C(=O)O)CCN(C(=O)NCCC(=O)N2CCCCCC2)C1. The van der Waals surface area contributed by atoms with Crippen LogP contribution in [0.2, 0.25) is 0 Å². The molecular formula is C16H27N3O4. The van der Waals surface area contributed by atoms with Gasteiger partial charge in [0, 0.05) is 39.1 Å². The minimum Gasteiger partial charge on any atom is -0.481 e. The molecule has 2 saturated heterocycles. The standard InChI is InChI=1S/C16H27N3O4/c1-16(14(21)22)7-11-19(12-16)15(23)17-8-6-13(20)18-9-4-2-3-5-10-18/h2-12H2,1H3,(H,17,23)(H,21,22). The average Bonchev–Trinajstić information content (AvgIpc) is 2.74. The van der Waals surface area contributed by atoms with Gasteiger partial charge < -0.3 is 20.2 Å². The van der Waals surface area contributed by atoms with Crippen LogP contribution >= 0.6 is 0 Å². The summed E-state index contributed by atoms with van der Waals surface area (Å²) < 4.78 is 0. The van der Waals surface area contributed by atoms with Crippen LogP contribution in [-0.4, -0.2) is 65.5 Å². The number of carboxylic acid groups (broad SMARTS) is 1. The van der Waals surface area contributed by atoms with Crippen LogP contribution in [0.5, 0.6) is 0 Å². The van der Waals surface area contributed by atoms with E-state index >= 15 is 0 Å². The molecule has 0 saturated carbocycles. The minimum absolute atomic E-state index is 0.0870. The summed E-state index contributed by atoms with van der Waals surface area (Å²) in [6.45, 7) is 4.24. The van der Waals surface area contributed by atoms with Gasteiger partial charge in [0.1, 0.15) is 0 Å². The lowest BCUT2D eigenvalue weighted by Crippen LogP contribution is -2.42. The van der Waals surface area contributed by atoms with E-state index in [4.69, 9.17) is 0 Å². The fraction of sp³-hybridized carbons (Fsp3) is 0.812. The van der Waals surface area contributed by atoms with Crippen molar-refractivity contribution in [2.45, 2.75) is 45.4 Å². The van der Waals surface area contributed by atoms with Gasteiger partial charge in [-0.2, -0.15) is 0 Å². The van der Waals surface area contributed by atoms with Crippen LogP contribution in [0.3, 0.4) is 0 Å². The van der Waals surface area contributed by atoms with E-state index in [1.165, 1.54) is 17.7 Å². The molecule has 0 spiro atoms. The van der Waals surface area contributed by atoms with Crippen molar-refractivity contribution < 1.29 is 19.5 Å². The molecule has 2 rings (SSSR count). The summed E-state index contributed by atoms with van der Waals surface area (Å²) in [4.78, 5) is 38.8. The number of carbonyl (C=O) groups excluding carboxylic acids is 2. The lowest BCUT2D eigenvalue weighted by atomic mass is 9.90. The van der Waals surface area contributed by atoms with E-state index in [-0.39, 0.29) is 18.5 Å². The number of nitrogens with one attached hydrogen (secondary N) is 1. The van der Waals surface area contributed by atoms with Crippen molar-refractivity contribution in [1.29, 1.82) is 0 Å². The van der Waals surface area contributed by atoms with Crippen molar-refractivity contribution in [1.82, 2.24) is 15.1 Å². The Kier molecular flexibility index (Phi) is 5.85. The first kappa shape index (κ1) is 17.6. The van der Waals surface area contributed by atoms with Crippen molar-refractivity contribution in [2.24, 2.45) is 5.41 Å². The maximum atomic E-state index is 12.1. The van der Waals surface area contributed by atoms with Gasteiger partial charge in [-0.05, 0) is 26.2 Å². The van der Waals surface area contributed by atoms with Gasteiger partial charge in [0.2, 0.25) is 5.91 Å². The number of amides is 3. The molecule has 2 aliphatic heterocycles. The van der Waals surface area contributed by atoms with Crippen LogP contribution in [-0.2, 0) is 9.59 Å². The van der Waals surface area contributed by atoms with Gasteiger partial charge in [-0.25, -0.2) is 4.79 Å². The lowest BCUT2D eigenvalue weighted by molar-refractivity contribution is -0.147. The smallest absolute Gasteiger partial charge is 0.317 e. The quantitative estimate of drug-likeness (QED) is 0.815. The van der Waals surface area contributed by atoms with Crippen LogP contribution in [0.1, 0.15) is 45.4 Å². The fourth-order valence-corrected chi connectivity index (χ4v) is 3.18. The predicted molar refractivity (Wildman–Crippen MR) is 85.0 cm³/mol. The fourth-order valence-electron chi connectivity index (χ4n) is 3.18. The Hall–Kier alpha value is -1.79. The van der Waals surface area contributed by atoms with Crippen LogP contribution in [0, 0.1) is 5.41 Å². The van der Waals surface area contributed by atoms with Gasteiger partial charge in [-0.3, -0.25) is 9.59 Å². The third-order valence-electron chi connectivity index (χ3n) is 4.85. The first-order valence-electron chi connectivity index (χ1n) is 8.46. The van der Waals surface area contributed by atoms with Gasteiger partial charge in [0.05, 0.1) is 5.41 Å². The van der Waals surface area contributed by atoms with Crippen LogP contribution in [0.25, 0.3) is 0 Å². The van der Waals surface area contributed by atoms with Gasteiger partial charge in [0.25, 0.3) is 0 Å². The Morgan fingerprint density at radius 1 is 1.04 bits per heavy atom. The van der Waals surface area contributed by atoms with Crippen molar-refractivity contribution >= 4 is 17.9 Å². The molecule has 130 valence electrons. The van der Waals surface area contributed by atoms with E-state index < -0.39 is 11.4 Å². The first-order chi connectivity index (χ1) is 10.9. The second kappa shape index (κ2) is 7.66. The second-order valence-electron chi connectivity index (χ2n) is 6.81. The van der Waals surface area contributed by atoms with Gasteiger partial charge in [-0.15, -0.1) is 0 Å². The molecule has 0 bridgehead atoms. The Labute approximate surface area is 137 Å². The first-order valence-corrected chi connectivity index (χ1v) is 8.46. The van der Waals surface area contributed by atoms with E-state index in [0.29, 0.717) is 25.9 Å². The Bertz CT molecular complexity index is 460. The summed E-state index contributed by atoms with van der Waals surface area (Å²) in [6, 6.07) is -0.279. The van der Waals surface area contributed by atoms with E-state index in [1.54, 1.807) is 6.92 Å². The number of urea groups is 1. The number of carboxylic acids is 1. The zero-order valence-corrected chi connectivity index (χ0v) is 13.8. The third kappa shape index (κ3) is 4.59. The number of hydrogen-bond acceptors (Lipinski definition) is 3. The summed E-state index contributed by atoms with van der Waals surface area (Å²) in [5.74, 6) is -0.784. The van der Waals surface area contributed by atoms with Gasteiger partial charge in [-0.1, -0.05) is 12.8 Å². The molecule has 0 radical (unpaired) electrons. The number of nitrogens with zero attached hydrogens (tertiary/aromatic N) is 2. The summed E-state index contributed by atoms with van der Waals surface area (Å²) in [7, 11) is 0. The van der Waals surface area contributed by atoms with Crippen LogP contribution < -0.4 is 5.32 Å². The monoisotopic (exact) mass is 325 g/mol. The number of carbonyl (C=O) groups is 3. The van der Waals surface area contributed by atoms with Crippen molar-refractivity contribution in [3.63, 3.8) is 0 Å². The largest absolute Gasteiger partial charge is 0.481 e.